The van der Waals surface area contributed by atoms with Crippen molar-refractivity contribution in [3.8, 4) is 5.75 Å². The predicted octanol–water partition coefficient (Wildman–Crippen LogP) is 3.40. The molecule has 98 valence electrons. The van der Waals surface area contributed by atoms with Gasteiger partial charge in [0.1, 0.15) is 5.75 Å². The minimum atomic E-state index is -0.186. The molecular weight excluding hydrogens is 244 g/mol. The van der Waals surface area contributed by atoms with Crippen LogP contribution in [-0.4, -0.2) is 23.4 Å². The van der Waals surface area contributed by atoms with E-state index in [1.54, 1.807) is 18.9 Å². The van der Waals surface area contributed by atoms with Gasteiger partial charge in [-0.05, 0) is 38.5 Å². The molecule has 2 rings (SSSR count). The first-order valence-electron chi connectivity index (χ1n) is 6.36. The Morgan fingerprint density at radius 3 is 2.89 bits per heavy atom. The van der Waals surface area contributed by atoms with Gasteiger partial charge in [0, 0.05) is 12.0 Å². The fourth-order valence-corrected chi connectivity index (χ4v) is 3.67. The van der Waals surface area contributed by atoms with Crippen LogP contribution in [0.4, 0.5) is 0 Å². The second-order valence-corrected chi connectivity index (χ2v) is 6.70. The normalized spacial score (nSPS) is 23.1. The monoisotopic (exact) mass is 264 g/mol. The smallest absolute Gasteiger partial charge is 0.153 e. The lowest BCUT2D eigenvalue weighted by atomic mass is 9.94. The largest absolute Gasteiger partial charge is 0.496 e. The van der Waals surface area contributed by atoms with Crippen LogP contribution in [0.2, 0.25) is 0 Å². The minimum absolute atomic E-state index is 0.186. The highest BCUT2D eigenvalue weighted by Crippen LogP contribution is 2.39. The van der Waals surface area contributed by atoms with E-state index in [9.17, 15) is 4.79 Å². The van der Waals surface area contributed by atoms with E-state index < -0.39 is 0 Å². The summed E-state index contributed by atoms with van der Waals surface area (Å²) in [6.45, 7) is 4.12. The number of ketones is 1. The van der Waals surface area contributed by atoms with Crippen LogP contribution in [0.1, 0.15) is 30.9 Å². The van der Waals surface area contributed by atoms with Crippen molar-refractivity contribution in [3.63, 3.8) is 0 Å². The summed E-state index contributed by atoms with van der Waals surface area (Å²) in [5.74, 6) is 2.25. The molecule has 0 saturated carbocycles. The van der Waals surface area contributed by atoms with E-state index in [-0.39, 0.29) is 4.75 Å². The van der Waals surface area contributed by atoms with E-state index in [1.165, 1.54) is 5.56 Å². The second-order valence-electron chi connectivity index (χ2n) is 5.10. The van der Waals surface area contributed by atoms with Gasteiger partial charge in [0.25, 0.3) is 0 Å². The number of rotatable bonds is 4. The third kappa shape index (κ3) is 2.72. The first-order chi connectivity index (χ1) is 8.55. The van der Waals surface area contributed by atoms with Gasteiger partial charge in [-0.15, -0.1) is 11.8 Å². The lowest BCUT2D eigenvalue weighted by molar-refractivity contribution is -0.120. The van der Waals surface area contributed by atoms with Crippen molar-refractivity contribution in [2.75, 3.05) is 12.9 Å². The Labute approximate surface area is 113 Å². The maximum atomic E-state index is 12.4. The molecule has 0 radical (unpaired) electrons. The number of aryl methyl sites for hydroxylation is 1. The standard InChI is InChI=1S/C15H20O2S/c1-11-5-6-13(17-3)12(9-11)10-14(16)15(2)7-4-8-18-15/h5-6,9H,4,7-8,10H2,1-3H3. The lowest BCUT2D eigenvalue weighted by Crippen LogP contribution is -2.30. The van der Waals surface area contributed by atoms with Crippen LogP contribution >= 0.6 is 11.8 Å². The third-order valence-corrected chi connectivity index (χ3v) is 5.16. The first-order valence-corrected chi connectivity index (χ1v) is 7.34. The topological polar surface area (TPSA) is 26.3 Å². The zero-order chi connectivity index (χ0) is 13.2. The Bertz CT molecular complexity index is 448. The molecule has 1 saturated heterocycles. The average molecular weight is 264 g/mol. The summed E-state index contributed by atoms with van der Waals surface area (Å²) >= 11 is 1.80. The van der Waals surface area contributed by atoms with E-state index in [2.05, 4.69) is 13.0 Å². The van der Waals surface area contributed by atoms with Crippen LogP contribution in [0.25, 0.3) is 0 Å². The van der Waals surface area contributed by atoms with Crippen molar-refractivity contribution < 1.29 is 9.53 Å². The van der Waals surface area contributed by atoms with Crippen LogP contribution < -0.4 is 4.74 Å². The molecule has 3 heteroatoms. The average Bonchev–Trinajstić information content (AvgIpc) is 2.78. The molecule has 1 aromatic rings. The van der Waals surface area contributed by atoms with Crippen LogP contribution in [0.3, 0.4) is 0 Å². The zero-order valence-corrected chi connectivity index (χ0v) is 12.1. The Hall–Kier alpha value is -0.960. The van der Waals surface area contributed by atoms with Gasteiger partial charge in [-0.1, -0.05) is 17.7 Å². The molecule has 0 spiro atoms. The number of ether oxygens (including phenoxy) is 1. The maximum absolute atomic E-state index is 12.4. The predicted molar refractivity (Wildman–Crippen MR) is 76.5 cm³/mol. The minimum Gasteiger partial charge on any atom is -0.496 e. The van der Waals surface area contributed by atoms with Crippen molar-refractivity contribution in [3.05, 3.63) is 29.3 Å². The van der Waals surface area contributed by atoms with Crippen molar-refractivity contribution in [1.29, 1.82) is 0 Å². The molecule has 1 aromatic carbocycles. The van der Waals surface area contributed by atoms with Gasteiger partial charge in [0.15, 0.2) is 5.78 Å². The third-order valence-electron chi connectivity index (χ3n) is 3.60. The van der Waals surface area contributed by atoms with Crippen molar-refractivity contribution in [1.82, 2.24) is 0 Å². The number of thioether (sulfide) groups is 1. The van der Waals surface area contributed by atoms with Crippen molar-refractivity contribution in [2.24, 2.45) is 0 Å². The number of Topliss-reactive ketones (excluding diaryl/α,β-unsaturated/α-hetero) is 1. The highest BCUT2D eigenvalue weighted by atomic mass is 32.2. The van der Waals surface area contributed by atoms with Crippen molar-refractivity contribution >= 4 is 17.5 Å². The van der Waals surface area contributed by atoms with Crippen LogP contribution in [-0.2, 0) is 11.2 Å². The molecule has 1 aliphatic rings. The number of hydrogen-bond acceptors (Lipinski definition) is 3. The Balaban J connectivity index is 2.18. The first kappa shape index (κ1) is 13.5. The fraction of sp³-hybridized carbons (Fsp3) is 0.533. The number of benzene rings is 1. The highest BCUT2D eigenvalue weighted by molar-refractivity contribution is 8.01. The van der Waals surface area contributed by atoms with E-state index in [4.69, 9.17) is 4.74 Å². The summed E-state index contributed by atoms with van der Waals surface area (Å²) in [6, 6.07) is 6.01. The molecule has 0 aliphatic carbocycles. The summed E-state index contributed by atoms with van der Waals surface area (Å²) in [5.41, 5.74) is 2.18. The Morgan fingerprint density at radius 2 is 2.28 bits per heavy atom. The molecule has 1 heterocycles. The number of hydrogen-bond donors (Lipinski definition) is 0. The van der Waals surface area contributed by atoms with E-state index >= 15 is 0 Å². The lowest BCUT2D eigenvalue weighted by Gasteiger charge is -2.21. The Morgan fingerprint density at radius 1 is 1.50 bits per heavy atom. The summed E-state index contributed by atoms with van der Waals surface area (Å²) < 4.78 is 5.15. The summed E-state index contributed by atoms with van der Waals surface area (Å²) in [6.07, 6.45) is 2.64. The van der Waals surface area contributed by atoms with Crippen LogP contribution in [0, 0.1) is 6.92 Å². The highest BCUT2D eigenvalue weighted by Gasteiger charge is 2.36. The van der Waals surface area contributed by atoms with Gasteiger partial charge in [-0.3, -0.25) is 4.79 Å². The van der Waals surface area contributed by atoms with E-state index in [1.807, 2.05) is 19.1 Å². The molecular formula is C15H20O2S. The quantitative estimate of drug-likeness (QED) is 0.833. The summed E-state index contributed by atoms with van der Waals surface area (Å²) in [7, 11) is 1.66. The molecule has 1 aliphatic heterocycles. The fourth-order valence-electron chi connectivity index (χ4n) is 2.40. The molecule has 1 fully saturated rings. The van der Waals surface area contributed by atoms with Gasteiger partial charge >= 0.3 is 0 Å². The molecule has 0 amide bonds. The molecule has 18 heavy (non-hydrogen) atoms. The van der Waals surface area contributed by atoms with Crippen LogP contribution in [0.5, 0.6) is 5.75 Å². The summed E-state index contributed by atoms with van der Waals surface area (Å²) in [5, 5.41) is 0. The van der Waals surface area contributed by atoms with Gasteiger partial charge < -0.3 is 4.74 Å². The summed E-state index contributed by atoms with van der Waals surface area (Å²) in [4.78, 5) is 12.4. The number of carbonyl (C=O) groups is 1. The maximum Gasteiger partial charge on any atom is 0.153 e. The van der Waals surface area contributed by atoms with Gasteiger partial charge in [-0.2, -0.15) is 0 Å². The number of carbonyl (C=O) groups excluding carboxylic acids is 1. The van der Waals surface area contributed by atoms with E-state index in [0.29, 0.717) is 12.2 Å². The molecule has 1 unspecified atom stereocenters. The second kappa shape index (κ2) is 5.35. The molecule has 0 bridgehead atoms. The van der Waals surface area contributed by atoms with Crippen molar-refractivity contribution in [2.45, 2.75) is 37.9 Å². The molecule has 2 nitrogen and oxygen atoms in total. The molecule has 0 N–H and O–H groups in total. The Kier molecular flexibility index (Phi) is 4.00. The molecule has 0 aromatic heterocycles. The zero-order valence-electron chi connectivity index (χ0n) is 11.3. The van der Waals surface area contributed by atoms with Gasteiger partial charge in [0.05, 0.1) is 11.9 Å². The number of methoxy groups -OCH3 is 1. The van der Waals surface area contributed by atoms with Gasteiger partial charge in [-0.25, -0.2) is 0 Å². The molecule has 1 atom stereocenters. The van der Waals surface area contributed by atoms with Gasteiger partial charge in [0.2, 0.25) is 0 Å². The SMILES string of the molecule is COc1ccc(C)cc1CC(=O)C1(C)CCCS1. The van der Waals surface area contributed by atoms with E-state index in [0.717, 1.165) is 29.9 Å². The van der Waals surface area contributed by atoms with Crippen LogP contribution in [0.15, 0.2) is 18.2 Å².